The maximum absolute atomic E-state index is 12.5. The standard InChI is InChI=1S/C16H23N5O/c1-12-9-19(3)16(18-12)14-5-4-7-21(10-14)15(22)11-20-8-6-17-13(20)2/h6,8-9,14H,4-5,7,10-11H2,1-3H3/t14-/m0/s1. The lowest BCUT2D eigenvalue weighted by atomic mass is 9.97. The Morgan fingerprint density at radius 2 is 2.23 bits per heavy atom. The van der Waals surface area contributed by atoms with Crippen molar-refractivity contribution in [2.24, 2.45) is 7.05 Å². The molecule has 0 bridgehead atoms. The second-order valence-corrected chi connectivity index (χ2v) is 6.13. The fourth-order valence-electron chi connectivity index (χ4n) is 3.25. The summed E-state index contributed by atoms with van der Waals surface area (Å²) in [7, 11) is 2.03. The Kier molecular flexibility index (Phi) is 4.00. The number of nitrogens with zero attached hydrogens (tertiary/aromatic N) is 5. The molecule has 1 saturated heterocycles. The topological polar surface area (TPSA) is 56.0 Å². The van der Waals surface area contributed by atoms with Gasteiger partial charge in [0.15, 0.2) is 0 Å². The molecule has 2 aromatic heterocycles. The van der Waals surface area contributed by atoms with Gasteiger partial charge in [-0.25, -0.2) is 9.97 Å². The smallest absolute Gasteiger partial charge is 0.242 e. The molecule has 3 heterocycles. The number of aromatic nitrogens is 4. The molecule has 22 heavy (non-hydrogen) atoms. The molecular formula is C16H23N5O. The van der Waals surface area contributed by atoms with Crippen LogP contribution in [0.4, 0.5) is 0 Å². The van der Waals surface area contributed by atoms with E-state index in [1.54, 1.807) is 6.20 Å². The minimum Gasteiger partial charge on any atom is -0.340 e. The van der Waals surface area contributed by atoms with Crippen molar-refractivity contribution >= 4 is 5.91 Å². The predicted octanol–water partition coefficient (Wildman–Crippen LogP) is 1.64. The molecular weight excluding hydrogens is 278 g/mol. The van der Waals surface area contributed by atoms with Crippen molar-refractivity contribution < 1.29 is 4.79 Å². The fraction of sp³-hybridized carbons (Fsp3) is 0.562. The zero-order valence-electron chi connectivity index (χ0n) is 13.5. The van der Waals surface area contributed by atoms with Crippen molar-refractivity contribution in [1.82, 2.24) is 24.0 Å². The summed E-state index contributed by atoms with van der Waals surface area (Å²) in [6.45, 7) is 5.90. The first kappa shape index (κ1) is 14.8. The Morgan fingerprint density at radius 3 is 2.86 bits per heavy atom. The van der Waals surface area contributed by atoms with Gasteiger partial charge in [0.1, 0.15) is 18.2 Å². The van der Waals surface area contributed by atoms with Gasteiger partial charge >= 0.3 is 0 Å². The number of hydrogen-bond acceptors (Lipinski definition) is 3. The van der Waals surface area contributed by atoms with Crippen molar-refractivity contribution in [3.05, 3.63) is 35.9 Å². The van der Waals surface area contributed by atoms with Crippen molar-refractivity contribution in [3.8, 4) is 0 Å². The van der Waals surface area contributed by atoms with Crippen LogP contribution in [0.1, 0.15) is 36.1 Å². The predicted molar refractivity (Wildman–Crippen MR) is 83.5 cm³/mol. The maximum Gasteiger partial charge on any atom is 0.242 e. The second kappa shape index (κ2) is 5.94. The van der Waals surface area contributed by atoms with Gasteiger partial charge in [-0.2, -0.15) is 0 Å². The maximum atomic E-state index is 12.5. The Morgan fingerprint density at radius 1 is 1.41 bits per heavy atom. The highest BCUT2D eigenvalue weighted by Crippen LogP contribution is 2.26. The summed E-state index contributed by atoms with van der Waals surface area (Å²) in [4.78, 5) is 23.3. The molecule has 0 unspecified atom stereocenters. The molecule has 1 aliphatic rings. The molecule has 2 aromatic rings. The summed E-state index contributed by atoms with van der Waals surface area (Å²) in [6, 6.07) is 0. The van der Waals surface area contributed by atoms with E-state index >= 15 is 0 Å². The van der Waals surface area contributed by atoms with E-state index < -0.39 is 0 Å². The molecule has 0 aliphatic carbocycles. The third-order valence-electron chi connectivity index (χ3n) is 4.40. The van der Waals surface area contributed by atoms with E-state index in [1.807, 2.05) is 42.8 Å². The molecule has 0 radical (unpaired) electrons. The number of piperidine rings is 1. The average molecular weight is 301 g/mol. The summed E-state index contributed by atoms with van der Waals surface area (Å²) >= 11 is 0. The molecule has 0 N–H and O–H groups in total. The summed E-state index contributed by atoms with van der Waals surface area (Å²) in [6.07, 6.45) is 7.77. The van der Waals surface area contributed by atoms with Gasteiger partial charge in [-0.15, -0.1) is 0 Å². The highest BCUT2D eigenvalue weighted by molar-refractivity contribution is 5.76. The molecule has 6 heteroatoms. The third kappa shape index (κ3) is 2.91. The molecule has 1 aliphatic heterocycles. The number of likely N-dealkylation sites (tertiary alicyclic amines) is 1. The van der Waals surface area contributed by atoms with Gasteiger partial charge in [0, 0.05) is 44.6 Å². The number of rotatable bonds is 3. The summed E-state index contributed by atoms with van der Waals surface area (Å²) in [5, 5.41) is 0. The lowest BCUT2D eigenvalue weighted by Crippen LogP contribution is -2.41. The molecule has 0 aromatic carbocycles. The van der Waals surface area contributed by atoms with Gasteiger partial charge < -0.3 is 14.0 Å². The highest BCUT2D eigenvalue weighted by atomic mass is 16.2. The van der Waals surface area contributed by atoms with Crippen molar-refractivity contribution in [2.45, 2.75) is 39.2 Å². The Bertz CT molecular complexity index is 672. The van der Waals surface area contributed by atoms with Crippen LogP contribution < -0.4 is 0 Å². The largest absolute Gasteiger partial charge is 0.340 e. The molecule has 3 rings (SSSR count). The molecule has 1 amide bonds. The van der Waals surface area contributed by atoms with Gasteiger partial charge in [0.2, 0.25) is 5.91 Å². The number of imidazole rings is 2. The molecule has 118 valence electrons. The second-order valence-electron chi connectivity index (χ2n) is 6.13. The monoisotopic (exact) mass is 301 g/mol. The minimum atomic E-state index is 0.164. The van der Waals surface area contributed by atoms with E-state index in [0.29, 0.717) is 12.5 Å². The van der Waals surface area contributed by atoms with E-state index in [4.69, 9.17) is 0 Å². The normalized spacial score (nSPS) is 18.7. The van der Waals surface area contributed by atoms with Crippen LogP contribution in [0.25, 0.3) is 0 Å². The van der Waals surface area contributed by atoms with Crippen LogP contribution in [-0.4, -0.2) is 43.0 Å². The zero-order chi connectivity index (χ0) is 15.7. The number of carbonyl (C=O) groups excluding carboxylic acids is 1. The van der Waals surface area contributed by atoms with Crippen LogP contribution in [0.5, 0.6) is 0 Å². The van der Waals surface area contributed by atoms with E-state index in [1.165, 1.54) is 0 Å². The highest BCUT2D eigenvalue weighted by Gasteiger charge is 2.27. The molecule has 0 saturated carbocycles. The van der Waals surface area contributed by atoms with Crippen LogP contribution in [0.15, 0.2) is 18.6 Å². The average Bonchev–Trinajstić information content (AvgIpc) is 3.05. The van der Waals surface area contributed by atoms with Crippen molar-refractivity contribution in [1.29, 1.82) is 0 Å². The Hall–Kier alpha value is -2.11. The van der Waals surface area contributed by atoms with E-state index in [-0.39, 0.29) is 5.91 Å². The van der Waals surface area contributed by atoms with E-state index in [9.17, 15) is 4.79 Å². The van der Waals surface area contributed by atoms with Crippen LogP contribution in [0, 0.1) is 13.8 Å². The minimum absolute atomic E-state index is 0.164. The number of carbonyl (C=O) groups is 1. The SMILES string of the molecule is Cc1cn(C)c([C@H]2CCCN(C(=O)Cn3ccnc3C)C2)n1. The van der Waals surface area contributed by atoms with Crippen molar-refractivity contribution in [3.63, 3.8) is 0 Å². The van der Waals surface area contributed by atoms with Gasteiger partial charge in [0.05, 0.1) is 5.69 Å². The number of aryl methyl sites for hydroxylation is 3. The number of amides is 1. The molecule has 1 fully saturated rings. The van der Waals surface area contributed by atoms with Gasteiger partial charge in [-0.3, -0.25) is 4.79 Å². The van der Waals surface area contributed by atoms with Crippen molar-refractivity contribution in [2.75, 3.05) is 13.1 Å². The first-order valence-corrected chi connectivity index (χ1v) is 7.80. The van der Waals surface area contributed by atoms with Crippen LogP contribution in [0.3, 0.4) is 0 Å². The number of hydrogen-bond donors (Lipinski definition) is 0. The van der Waals surface area contributed by atoms with Crippen LogP contribution in [0.2, 0.25) is 0 Å². The lowest BCUT2D eigenvalue weighted by Gasteiger charge is -2.32. The molecule has 6 nitrogen and oxygen atoms in total. The van der Waals surface area contributed by atoms with Gasteiger partial charge in [-0.05, 0) is 26.7 Å². The molecule has 0 spiro atoms. The fourth-order valence-corrected chi connectivity index (χ4v) is 3.25. The van der Waals surface area contributed by atoms with Gasteiger partial charge in [0.25, 0.3) is 0 Å². The Balaban J connectivity index is 1.69. The summed E-state index contributed by atoms with van der Waals surface area (Å²) in [5.74, 6) is 2.47. The van der Waals surface area contributed by atoms with Gasteiger partial charge in [-0.1, -0.05) is 0 Å². The Labute approximate surface area is 130 Å². The van der Waals surface area contributed by atoms with Crippen LogP contribution in [-0.2, 0) is 18.4 Å². The third-order valence-corrected chi connectivity index (χ3v) is 4.40. The first-order chi connectivity index (χ1) is 10.5. The quantitative estimate of drug-likeness (QED) is 0.866. The summed E-state index contributed by atoms with van der Waals surface area (Å²) < 4.78 is 3.99. The molecule has 1 atom stereocenters. The first-order valence-electron chi connectivity index (χ1n) is 7.80. The zero-order valence-corrected chi connectivity index (χ0v) is 13.5. The summed E-state index contributed by atoms with van der Waals surface area (Å²) in [5.41, 5.74) is 1.04. The van der Waals surface area contributed by atoms with E-state index in [2.05, 4.69) is 14.5 Å². The van der Waals surface area contributed by atoms with Crippen LogP contribution >= 0.6 is 0 Å². The lowest BCUT2D eigenvalue weighted by molar-refractivity contribution is -0.133. The van der Waals surface area contributed by atoms with E-state index in [0.717, 1.165) is 43.3 Å².